The zero-order valence-corrected chi connectivity index (χ0v) is 44.4. The zero-order chi connectivity index (χ0) is 53.4. The van der Waals surface area contributed by atoms with Gasteiger partial charge in [0.25, 0.3) is 0 Å². The molecule has 0 fully saturated rings. The molecule has 0 saturated carbocycles. The molecule has 0 bridgehead atoms. The van der Waals surface area contributed by atoms with Crippen molar-refractivity contribution in [2.75, 3.05) is 0 Å². The second kappa shape index (κ2) is 18.8. The van der Waals surface area contributed by atoms with Gasteiger partial charge in [-0.05, 0) is 150 Å². The second-order valence-corrected chi connectivity index (χ2v) is 21.5. The standard InChI is InChI=1S/C79H52N2/c1-3-20-53(21-4-1)58-24-19-29-64(50-58)80-75-38-15-10-33-68(75)70-51-59(44-46-77(70)80)60-45-47-78-71(52-60)69-34-11-16-39-76(69)81(78)74-37-14-9-30-65(74)61-25-17-22-56(48-61)54-40-42-55(43-41-54)57-23-18-28-63(49-57)79(62-26-5-2-6-27-62)72-35-12-7-31-66(72)67-32-8-13-36-73(67)79/h1-52H. The van der Waals surface area contributed by atoms with Crippen LogP contribution in [0.4, 0.5) is 0 Å². The lowest BCUT2D eigenvalue weighted by Crippen LogP contribution is -2.28. The molecule has 2 nitrogen and oxygen atoms in total. The monoisotopic (exact) mass is 1030 g/mol. The van der Waals surface area contributed by atoms with Gasteiger partial charge in [-0.15, -0.1) is 0 Å². The summed E-state index contributed by atoms with van der Waals surface area (Å²) >= 11 is 0. The molecule has 81 heavy (non-hydrogen) atoms. The van der Waals surface area contributed by atoms with Crippen molar-refractivity contribution in [1.82, 2.24) is 9.13 Å². The van der Waals surface area contributed by atoms with E-state index in [1.807, 2.05) is 0 Å². The minimum Gasteiger partial charge on any atom is -0.309 e. The minimum absolute atomic E-state index is 0.443. The van der Waals surface area contributed by atoms with E-state index in [0.29, 0.717) is 0 Å². The van der Waals surface area contributed by atoms with Gasteiger partial charge in [0.15, 0.2) is 0 Å². The van der Waals surface area contributed by atoms with Crippen molar-refractivity contribution in [3.05, 3.63) is 338 Å². The molecule has 16 rings (SSSR count). The number of aromatic nitrogens is 2. The van der Waals surface area contributed by atoms with E-state index >= 15 is 0 Å². The van der Waals surface area contributed by atoms with Gasteiger partial charge in [-0.1, -0.05) is 249 Å². The average Bonchev–Trinajstić information content (AvgIpc) is 4.40. The Bertz CT molecular complexity index is 4880. The van der Waals surface area contributed by atoms with Crippen molar-refractivity contribution >= 4 is 43.6 Å². The van der Waals surface area contributed by atoms with E-state index in [9.17, 15) is 0 Å². The molecule has 2 aromatic heterocycles. The quantitative estimate of drug-likeness (QED) is 0.136. The van der Waals surface area contributed by atoms with Crippen LogP contribution in [0, 0.1) is 0 Å². The SMILES string of the molecule is c1ccc(-c2cccc(-n3c4ccccc4c4cc(-c5ccc6c(c5)c5ccccc5n6-c5ccccc5-c5cccc(-c6ccc(-c7cccc(C8(c9ccccc9)c9ccccc9-c9ccccc98)c7)cc6)c5)ccc43)c2)cc1. The number of hydrogen-bond donors (Lipinski definition) is 0. The predicted molar refractivity (Wildman–Crippen MR) is 340 cm³/mol. The summed E-state index contributed by atoms with van der Waals surface area (Å²) < 4.78 is 4.88. The fourth-order valence-electron chi connectivity index (χ4n) is 13.6. The Balaban J connectivity index is 0.742. The van der Waals surface area contributed by atoms with Gasteiger partial charge in [0.05, 0.1) is 33.2 Å². The molecule has 0 aliphatic heterocycles. The highest BCUT2D eigenvalue weighted by Gasteiger charge is 2.46. The third kappa shape index (κ3) is 7.42. The first-order valence-electron chi connectivity index (χ1n) is 28.1. The maximum atomic E-state index is 2.46. The molecule has 2 heterocycles. The van der Waals surface area contributed by atoms with Crippen LogP contribution in [-0.2, 0) is 5.41 Å². The van der Waals surface area contributed by atoms with Crippen LogP contribution in [0.5, 0.6) is 0 Å². The van der Waals surface area contributed by atoms with E-state index < -0.39 is 5.41 Å². The van der Waals surface area contributed by atoms with Gasteiger partial charge in [0, 0.05) is 32.8 Å². The van der Waals surface area contributed by atoms with E-state index in [4.69, 9.17) is 0 Å². The molecule has 0 atom stereocenters. The van der Waals surface area contributed by atoms with Gasteiger partial charge >= 0.3 is 0 Å². The molecule has 1 aliphatic carbocycles. The van der Waals surface area contributed by atoms with Gasteiger partial charge in [0.2, 0.25) is 0 Å². The van der Waals surface area contributed by atoms with Crippen molar-refractivity contribution in [1.29, 1.82) is 0 Å². The molecular formula is C79H52N2. The molecule has 378 valence electrons. The molecular weight excluding hydrogens is 977 g/mol. The average molecular weight is 1030 g/mol. The molecule has 15 aromatic rings. The third-order valence-corrected chi connectivity index (χ3v) is 17.2. The fraction of sp³-hybridized carbons (Fsp3) is 0.0127. The summed E-state index contributed by atoms with van der Waals surface area (Å²) in [5.41, 5.74) is 26.3. The molecule has 0 saturated heterocycles. The van der Waals surface area contributed by atoms with Crippen LogP contribution in [0.25, 0.3) is 122 Å². The van der Waals surface area contributed by atoms with Gasteiger partial charge in [-0.3, -0.25) is 0 Å². The Labute approximate surface area is 471 Å². The highest BCUT2D eigenvalue weighted by Crippen LogP contribution is 2.56. The van der Waals surface area contributed by atoms with Gasteiger partial charge < -0.3 is 9.13 Å². The van der Waals surface area contributed by atoms with Crippen molar-refractivity contribution in [3.63, 3.8) is 0 Å². The lowest BCUT2D eigenvalue weighted by atomic mass is 9.67. The lowest BCUT2D eigenvalue weighted by molar-refractivity contribution is 0.769. The minimum atomic E-state index is -0.443. The summed E-state index contributed by atoms with van der Waals surface area (Å²) in [7, 11) is 0. The molecule has 13 aromatic carbocycles. The Kier molecular flexibility index (Phi) is 10.8. The molecule has 0 radical (unpaired) electrons. The molecule has 0 spiro atoms. The number of fused-ring (bicyclic) bond motifs is 9. The summed E-state index contributed by atoms with van der Waals surface area (Å²) in [6, 6.07) is 116. The van der Waals surface area contributed by atoms with E-state index in [1.54, 1.807) is 0 Å². The van der Waals surface area contributed by atoms with E-state index in [0.717, 1.165) is 11.4 Å². The van der Waals surface area contributed by atoms with Crippen LogP contribution >= 0.6 is 0 Å². The third-order valence-electron chi connectivity index (χ3n) is 17.2. The van der Waals surface area contributed by atoms with Gasteiger partial charge in [-0.25, -0.2) is 0 Å². The first kappa shape index (κ1) is 46.5. The van der Waals surface area contributed by atoms with Crippen molar-refractivity contribution in [2.45, 2.75) is 5.41 Å². The second-order valence-electron chi connectivity index (χ2n) is 21.5. The number of para-hydroxylation sites is 3. The summed E-state index contributed by atoms with van der Waals surface area (Å²) in [5.74, 6) is 0. The Morgan fingerprint density at radius 1 is 0.210 bits per heavy atom. The summed E-state index contributed by atoms with van der Waals surface area (Å²) in [5, 5.41) is 4.94. The first-order valence-corrected chi connectivity index (χ1v) is 28.1. The van der Waals surface area contributed by atoms with Crippen LogP contribution in [0.1, 0.15) is 22.3 Å². The van der Waals surface area contributed by atoms with E-state index in [2.05, 4.69) is 325 Å². The van der Waals surface area contributed by atoms with Crippen molar-refractivity contribution < 1.29 is 0 Å². The molecule has 2 heteroatoms. The van der Waals surface area contributed by atoms with Gasteiger partial charge in [0.1, 0.15) is 0 Å². The summed E-state index contributed by atoms with van der Waals surface area (Å²) in [4.78, 5) is 0. The number of benzene rings is 13. The zero-order valence-electron chi connectivity index (χ0n) is 44.4. The van der Waals surface area contributed by atoms with Crippen molar-refractivity contribution in [2.24, 2.45) is 0 Å². The van der Waals surface area contributed by atoms with Gasteiger partial charge in [-0.2, -0.15) is 0 Å². The summed E-state index contributed by atoms with van der Waals surface area (Å²) in [6.07, 6.45) is 0. The van der Waals surface area contributed by atoms with Crippen LogP contribution in [0.2, 0.25) is 0 Å². The van der Waals surface area contributed by atoms with Crippen LogP contribution < -0.4 is 0 Å². The number of rotatable bonds is 9. The highest BCUT2D eigenvalue weighted by atomic mass is 15.0. The molecule has 0 unspecified atom stereocenters. The normalized spacial score (nSPS) is 12.5. The molecule has 1 aliphatic rings. The van der Waals surface area contributed by atoms with E-state index in [1.165, 1.54) is 133 Å². The summed E-state index contributed by atoms with van der Waals surface area (Å²) in [6.45, 7) is 0. The largest absolute Gasteiger partial charge is 0.309 e. The lowest BCUT2D eigenvalue weighted by Gasteiger charge is -2.34. The highest BCUT2D eigenvalue weighted by molar-refractivity contribution is 6.13. The fourth-order valence-corrected chi connectivity index (χ4v) is 13.6. The number of hydrogen-bond acceptors (Lipinski definition) is 0. The van der Waals surface area contributed by atoms with Crippen molar-refractivity contribution in [3.8, 4) is 78.1 Å². The molecule has 0 amide bonds. The van der Waals surface area contributed by atoms with E-state index in [-0.39, 0.29) is 0 Å². The first-order chi connectivity index (χ1) is 40.2. The maximum Gasteiger partial charge on any atom is 0.0713 e. The topological polar surface area (TPSA) is 9.86 Å². The Hall–Kier alpha value is -10.5. The number of nitrogens with zero attached hydrogens (tertiary/aromatic N) is 2. The maximum absolute atomic E-state index is 2.46. The van der Waals surface area contributed by atoms with Crippen LogP contribution in [-0.4, -0.2) is 9.13 Å². The Morgan fingerprint density at radius 2 is 0.617 bits per heavy atom. The molecule has 0 N–H and O–H groups in total. The Morgan fingerprint density at radius 3 is 1.27 bits per heavy atom. The smallest absolute Gasteiger partial charge is 0.0713 e. The predicted octanol–water partition coefficient (Wildman–Crippen LogP) is 20.6. The van der Waals surface area contributed by atoms with Crippen LogP contribution in [0.15, 0.2) is 315 Å². The van der Waals surface area contributed by atoms with Crippen LogP contribution in [0.3, 0.4) is 0 Å².